The highest BCUT2D eigenvalue weighted by atomic mass is 32.2. The first-order valence-electron chi connectivity index (χ1n) is 8.15. The lowest BCUT2D eigenvalue weighted by Crippen LogP contribution is -2.27. The van der Waals surface area contributed by atoms with E-state index in [0.717, 1.165) is 28.2 Å². The molecule has 3 rings (SSSR count). The first-order chi connectivity index (χ1) is 12.8. The van der Waals surface area contributed by atoms with Crippen LogP contribution in [0.4, 0.5) is 5.13 Å². The molecule has 1 atom stereocenters. The van der Waals surface area contributed by atoms with Crippen molar-refractivity contribution in [2.24, 2.45) is 5.14 Å². The molecular formula is C19H20N4O2S2. The molecule has 3 aromatic rings. The second-order valence-corrected chi connectivity index (χ2v) is 9.23. The third-order valence-electron chi connectivity index (χ3n) is 3.99. The van der Waals surface area contributed by atoms with Crippen LogP contribution in [0.1, 0.15) is 11.3 Å². The minimum atomic E-state index is -2.85. The number of rotatable bonds is 5. The molecule has 0 bridgehead atoms. The number of benzene rings is 1. The number of nitrogens with two attached hydrogens (primary N) is 1. The summed E-state index contributed by atoms with van der Waals surface area (Å²) >= 11 is 1.14. The first kappa shape index (κ1) is 19.2. The summed E-state index contributed by atoms with van der Waals surface area (Å²) in [6.45, 7) is 1.71. The fourth-order valence-electron chi connectivity index (χ4n) is 2.56. The highest BCUT2D eigenvalue weighted by Gasteiger charge is 2.19. The molecular weight excluding hydrogens is 380 g/mol. The topological polar surface area (TPSA) is 89.2 Å². The van der Waals surface area contributed by atoms with Crippen molar-refractivity contribution < 1.29 is 9.00 Å². The van der Waals surface area contributed by atoms with E-state index in [9.17, 15) is 9.00 Å². The molecule has 6 nitrogen and oxygen atoms in total. The van der Waals surface area contributed by atoms with E-state index in [1.807, 2.05) is 42.5 Å². The number of aryl methyl sites for hydroxylation is 1. The van der Waals surface area contributed by atoms with Gasteiger partial charge in [-0.1, -0.05) is 41.7 Å². The van der Waals surface area contributed by atoms with Crippen LogP contribution in [0.15, 0.2) is 52.9 Å². The Morgan fingerprint density at radius 1 is 1.26 bits per heavy atom. The van der Waals surface area contributed by atoms with Crippen LogP contribution in [0.25, 0.3) is 11.3 Å². The Bertz CT molecular complexity index is 1060. The first-order valence-corrected chi connectivity index (χ1v) is 10.8. The Labute approximate surface area is 162 Å². The second kappa shape index (κ2) is 7.59. The molecule has 0 aliphatic rings. The largest absolute Gasteiger partial charge is 0.291 e. The number of thiazole rings is 1. The Hall–Kier alpha value is -2.55. The predicted molar refractivity (Wildman–Crippen MR) is 111 cm³/mol. The maximum absolute atomic E-state index is 12.6. The quantitative estimate of drug-likeness (QED) is 0.667. The Kier molecular flexibility index (Phi) is 5.41. The third-order valence-corrected chi connectivity index (χ3v) is 7.04. The van der Waals surface area contributed by atoms with Crippen LogP contribution in [-0.4, -0.2) is 33.0 Å². The van der Waals surface area contributed by atoms with Gasteiger partial charge in [-0.15, -0.1) is 0 Å². The number of carbonyl (C=O) groups is 1. The van der Waals surface area contributed by atoms with E-state index >= 15 is 0 Å². The van der Waals surface area contributed by atoms with Crippen LogP contribution in [0.3, 0.4) is 0 Å². The molecule has 140 valence electrons. The van der Waals surface area contributed by atoms with Gasteiger partial charge in [0.25, 0.3) is 0 Å². The minimum absolute atomic E-state index is 0.117. The molecule has 2 heterocycles. The molecule has 27 heavy (non-hydrogen) atoms. The summed E-state index contributed by atoms with van der Waals surface area (Å²) in [5, 5.41) is 6.07. The van der Waals surface area contributed by atoms with E-state index in [2.05, 4.69) is 15.8 Å². The van der Waals surface area contributed by atoms with Crippen molar-refractivity contribution in [3.05, 3.63) is 59.9 Å². The van der Waals surface area contributed by atoms with Gasteiger partial charge in [-0.2, -0.15) is 0 Å². The number of pyridine rings is 1. The lowest BCUT2D eigenvalue weighted by molar-refractivity contribution is -0.117. The van der Waals surface area contributed by atoms with Crippen LogP contribution in [0.5, 0.6) is 0 Å². The van der Waals surface area contributed by atoms with Crippen molar-refractivity contribution in [3.63, 3.8) is 0 Å². The molecule has 0 saturated heterocycles. The molecule has 0 aliphatic heterocycles. The van der Waals surface area contributed by atoms with Crippen LogP contribution < -0.4 is 10.0 Å². The molecule has 0 saturated carbocycles. The van der Waals surface area contributed by atoms with Crippen LogP contribution >= 0.6 is 11.3 Å². The highest BCUT2D eigenvalue weighted by Crippen LogP contribution is 2.28. The molecule has 2 aromatic heterocycles. The predicted octanol–water partition coefficient (Wildman–Crippen LogP) is 2.67. The lowest BCUT2D eigenvalue weighted by atomic mass is 10.1. The van der Waals surface area contributed by atoms with Gasteiger partial charge in [-0.3, -0.25) is 19.8 Å². The van der Waals surface area contributed by atoms with E-state index in [4.69, 9.17) is 5.14 Å². The summed E-state index contributed by atoms with van der Waals surface area (Å²) in [5.74, 6) is 3.37. The maximum Gasteiger partial charge on any atom is 0.232 e. The Morgan fingerprint density at radius 2 is 1.96 bits per heavy atom. The van der Waals surface area contributed by atoms with Crippen LogP contribution in [0, 0.1) is 6.92 Å². The van der Waals surface area contributed by atoms with Crippen molar-refractivity contribution in [3.8, 4) is 11.3 Å². The van der Waals surface area contributed by atoms with Gasteiger partial charge in [-0.25, -0.2) is 9.19 Å². The van der Waals surface area contributed by atoms with Gasteiger partial charge in [0.1, 0.15) is 4.21 Å². The highest BCUT2D eigenvalue weighted by molar-refractivity contribution is 8.00. The number of hydrogen-bond acceptors (Lipinski definition) is 5. The van der Waals surface area contributed by atoms with Crippen LogP contribution in [0.2, 0.25) is 0 Å². The molecule has 0 spiro atoms. The lowest BCUT2D eigenvalue weighted by Gasteiger charge is -2.14. The molecule has 0 aliphatic carbocycles. The number of nitrogens with zero attached hydrogens (tertiary/aromatic N) is 3. The van der Waals surface area contributed by atoms with E-state index < -0.39 is 9.71 Å². The molecule has 2 N–H and O–H groups in total. The SMILES string of the molecule is C=S(N)(=O)c1sc(N(C)C(=O)Cc2ccc(-c3ccccn3)cc2)nc1C. The molecule has 1 aromatic carbocycles. The normalized spacial score (nSPS) is 13.1. The molecule has 0 fully saturated rings. The van der Waals surface area contributed by atoms with E-state index in [0.29, 0.717) is 15.0 Å². The Morgan fingerprint density at radius 3 is 2.52 bits per heavy atom. The van der Waals surface area contributed by atoms with Crippen molar-refractivity contribution >= 4 is 38.0 Å². The van der Waals surface area contributed by atoms with Gasteiger partial charge < -0.3 is 0 Å². The number of carbonyl (C=O) groups excluding carboxylic acids is 1. The summed E-state index contributed by atoms with van der Waals surface area (Å²) in [6.07, 6.45) is 1.98. The summed E-state index contributed by atoms with van der Waals surface area (Å²) < 4.78 is 12.4. The van der Waals surface area contributed by atoms with Crippen LogP contribution in [-0.2, 0) is 20.9 Å². The van der Waals surface area contributed by atoms with Crippen molar-refractivity contribution in [2.45, 2.75) is 17.6 Å². The Balaban J connectivity index is 1.73. The molecule has 1 unspecified atom stereocenters. The van der Waals surface area contributed by atoms with Crippen molar-refractivity contribution in [1.29, 1.82) is 0 Å². The number of aromatic nitrogens is 2. The van der Waals surface area contributed by atoms with E-state index in [-0.39, 0.29) is 12.3 Å². The number of likely N-dealkylation sites (N-methyl/N-ethyl adjacent to an activating group) is 1. The van der Waals surface area contributed by atoms with Crippen molar-refractivity contribution in [1.82, 2.24) is 9.97 Å². The maximum atomic E-state index is 12.6. The summed E-state index contributed by atoms with van der Waals surface area (Å²) in [6, 6.07) is 13.5. The third kappa shape index (κ3) is 4.41. The zero-order chi connectivity index (χ0) is 19.6. The van der Waals surface area contributed by atoms with E-state index in [1.165, 1.54) is 4.90 Å². The smallest absolute Gasteiger partial charge is 0.232 e. The minimum Gasteiger partial charge on any atom is -0.291 e. The average Bonchev–Trinajstić information content (AvgIpc) is 3.04. The van der Waals surface area contributed by atoms with Gasteiger partial charge in [0.05, 0.1) is 27.5 Å². The zero-order valence-electron chi connectivity index (χ0n) is 15.1. The van der Waals surface area contributed by atoms with Gasteiger partial charge in [0, 0.05) is 18.8 Å². The van der Waals surface area contributed by atoms with Gasteiger partial charge >= 0.3 is 0 Å². The average molecular weight is 401 g/mol. The molecule has 1 amide bonds. The zero-order valence-corrected chi connectivity index (χ0v) is 16.7. The monoisotopic (exact) mass is 400 g/mol. The van der Waals surface area contributed by atoms with E-state index in [1.54, 1.807) is 20.2 Å². The van der Waals surface area contributed by atoms with Gasteiger partial charge in [0.2, 0.25) is 5.91 Å². The summed E-state index contributed by atoms with van der Waals surface area (Å²) in [5.41, 5.74) is 3.31. The summed E-state index contributed by atoms with van der Waals surface area (Å²) in [4.78, 5) is 22.7. The fraction of sp³-hybridized carbons (Fsp3) is 0.158. The van der Waals surface area contributed by atoms with Gasteiger partial charge in [-0.05, 0) is 30.5 Å². The van der Waals surface area contributed by atoms with Gasteiger partial charge in [0.15, 0.2) is 5.13 Å². The number of anilines is 1. The molecule has 0 radical (unpaired) electrons. The second-order valence-electron chi connectivity index (χ2n) is 6.14. The van der Waals surface area contributed by atoms with Crippen molar-refractivity contribution in [2.75, 3.05) is 11.9 Å². The number of hydrogen-bond donors (Lipinski definition) is 1. The summed E-state index contributed by atoms with van der Waals surface area (Å²) in [7, 11) is -1.20. The fourth-order valence-corrected chi connectivity index (χ4v) is 4.67. The molecule has 8 heteroatoms. The standard InChI is InChI=1S/C19H20N4O2S2/c1-13-18(27(3,20)25)26-19(22-13)23(2)17(24)12-14-7-9-15(10-8-14)16-6-4-5-11-21-16/h4-11H,3,12H2,1-2H3,(H2,20,25). The number of amides is 1.